The van der Waals surface area contributed by atoms with Crippen LogP contribution in [0.15, 0.2) is 41.4 Å². The zero-order valence-corrected chi connectivity index (χ0v) is 16.0. The first kappa shape index (κ1) is 20.9. The number of hydrogen-bond donors (Lipinski definition) is 2. The van der Waals surface area contributed by atoms with Crippen molar-refractivity contribution in [3.05, 3.63) is 47.7 Å². The number of hydrogen-bond acceptors (Lipinski definition) is 6. The first-order valence-electron chi connectivity index (χ1n) is 8.69. The summed E-state index contributed by atoms with van der Waals surface area (Å²) in [5.41, 5.74) is -0.112. The van der Waals surface area contributed by atoms with Crippen molar-refractivity contribution in [1.29, 1.82) is 5.26 Å². The van der Waals surface area contributed by atoms with Gasteiger partial charge >= 0.3 is 6.18 Å². The summed E-state index contributed by atoms with van der Waals surface area (Å²) in [6, 6.07) is 8.40. The number of halogens is 3. The minimum Gasteiger partial charge on any atom is -0.381 e. The lowest BCUT2D eigenvalue weighted by Crippen LogP contribution is -2.39. The number of aromatic nitrogens is 1. The summed E-state index contributed by atoms with van der Waals surface area (Å²) in [5, 5.41) is 17.6. The molecule has 3 rings (SSSR count). The van der Waals surface area contributed by atoms with E-state index in [1.807, 2.05) is 11.0 Å². The van der Waals surface area contributed by atoms with Crippen LogP contribution in [0.4, 0.5) is 24.7 Å². The number of pyridine rings is 1. The molecule has 1 aromatic carbocycles. The summed E-state index contributed by atoms with van der Waals surface area (Å²) >= 11 is 0. The summed E-state index contributed by atoms with van der Waals surface area (Å²) in [7, 11) is -3.90. The third-order valence-corrected chi connectivity index (χ3v) is 5.60. The van der Waals surface area contributed by atoms with Gasteiger partial charge in [-0.3, -0.25) is 0 Å². The number of nitriles is 1. The van der Waals surface area contributed by atoms with Crippen LogP contribution in [-0.2, 0) is 16.2 Å². The van der Waals surface area contributed by atoms with Crippen LogP contribution in [0.3, 0.4) is 0 Å². The van der Waals surface area contributed by atoms with Gasteiger partial charge in [0.15, 0.2) is 0 Å². The molecule has 1 saturated heterocycles. The number of benzene rings is 1. The lowest BCUT2D eigenvalue weighted by molar-refractivity contribution is -0.137. The van der Waals surface area contributed by atoms with Crippen molar-refractivity contribution in [1.82, 2.24) is 4.98 Å². The van der Waals surface area contributed by atoms with Crippen LogP contribution in [0, 0.1) is 11.3 Å². The molecule has 1 aromatic heterocycles. The van der Waals surface area contributed by atoms with E-state index in [0.29, 0.717) is 37.4 Å². The van der Waals surface area contributed by atoms with E-state index >= 15 is 0 Å². The molecule has 7 nitrogen and oxygen atoms in total. The van der Waals surface area contributed by atoms with Crippen LogP contribution in [0.5, 0.6) is 0 Å². The normalized spacial score (nSPS) is 15.8. The Hall–Kier alpha value is -2.84. The van der Waals surface area contributed by atoms with E-state index in [-0.39, 0.29) is 16.5 Å². The quantitative estimate of drug-likeness (QED) is 0.779. The van der Waals surface area contributed by atoms with Gasteiger partial charge in [-0.2, -0.15) is 18.4 Å². The average Bonchev–Trinajstić information content (AvgIpc) is 2.67. The summed E-state index contributed by atoms with van der Waals surface area (Å²) < 4.78 is 60.8. The predicted molar refractivity (Wildman–Crippen MR) is 101 cm³/mol. The van der Waals surface area contributed by atoms with Gasteiger partial charge in [-0.15, -0.1) is 0 Å². The number of piperidine rings is 1. The number of primary sulfonamides is 1. The molecule has 2 heterocycles. The van der Waals surface area contributed by atoms with Gasteiger partial charge in [0.25, 0.3) is 0 Å². The molecule has 0 bridgehead atoms. The lowest BCUT2D eigenvalue weighted by atomic mass is 10.0. The topological polar surface area (TPSA) is 112 Å². The van der Waals surface area contributed by atoms with Gasteiger partial charge in [-0.05, 0) is 43.2 Å². The molecule has 0 atom stereocenters. The Morgan fingerprint density at radius 2 is 1.90 bits per heavy atom. The van der Waals surface area contributed by atoms with E-state index < -0.39 is 21.8 Å². The number of nitrogens with zero attached hydrogens (tertiary/aromatic N) is 3. The first-order chi connectivity index (χ1) is 13.6. The molecule has 0 amide bonds. The molecule has 0 saturated carbocycles. The second kappa shape index (κ2) is 7.88. The Balaban J connectivity index is 1.64. The van der Waals surface area contributed by atoms with Crippen LogP contribution < -0.4 is 15.4 Å². The summed E-state index contributed by atoms with van der Waals surface area (Å²) in [6.45, 7) is 1.15. The predicted octanol–water partition coefficient (Wildman–Crippen LogP) is 2.70. The van der Waals surface area contributed by atoms with Crippen molar-refractivity contribution < 1.29 is 21.6 Å². The summed E-state index contributed by atoms with van der Waals surface area (Å²) in [4.78, 5) is 5.67. The van der Waals surface area contributed by atoms with Gasteiger partial charge in [0, 0.05) is 25.3 Å². The van der Waals surface area contributed by atoms with Crippen molar-refractivity contribution in [2.24, 2.45) is 5.14 Å². The van der Waals surface area contributed by atoms with E-state index in [9.17, 15) is 26.9 Å². The SMILES string of the molecule is N#Cc1cc(S(N)(=O)=O)ccc1NC1CCN(c2ccc(C(F)(F)F)cn2)CC1. The molecule has 29 heavy (non-hydrogen) atoms. The van der Waals surface area contributed by atoms with Gasteiger partial charge in [0.1, 0.15) is 11.9 Å². The fourth-order valence-electron chi connectivity index (χ4n) is 3.13. The maximum absolute atomic E-state index is 12.6. The fraction of sp³-hybridized carbons (Fsp3) is 0.333. The molecule has 0 aliphatic carbocycles. The number of nitrogens with one attached hydrogen (secondary N) is 1. The van der Waals surface area contributed by atoms with Crippen molar-refractivity contribution in [3.63, 3.8) is 0 Å². The van der Waals surface area contributed by atoms with Crippen molar-refractivity contribution >= 4 is 21.5 Å². The van der Waals surface area contributed by atoms with Crippen molar-refractivity contribution in [2.75, 3.05) is 23.3 Å². The molecule has 0 spiro atoms. The van der Waals surface area contributed by atoms with Gasteiger partial charge in [0.05, 0.1) is 21.7 Å². The van der Waals surface area contributed by atoms with Crippen molar-refractivity contribution in [2.45, 2.75) is 30.0 Å². The monoisotopic (exact) mass is 425 g/mol. The van der Waals surface area contributed by atoms with Crippen LogP contribution >= 0.6 is 0 Å². The second-order valence-corrected chi connectivity index (χ2v) is 8.23. The number of rotatable bonds is 4. The molecule has 11 heteroatoms. The molecule has 1 aliphatic rings. The standard InChI is InChI=1S/C18H18F3N5O2S/c19-18(20,21)13-1-4-17(24-11-13)26-7-5-14(6-8-26)25-16-3-2-15(29(23,27)28)9-12(16)10-22/h1-4,9,11,14,25H,5-8H2,(H2,23,27,28). The van der Waals surface area contributed by atoms with E-state index in [1.54, 1.807) is 0 Å². The molecule has 3 N–H and O–H groups in total. The lowest BCUT2D eigenvalue weighted by Gasteiger charge is -2.33. The Kier molecular flexibility index (Phi) is 5.68. The fourth-order valence-corrected chi connectivity index (χ4v) is 3.67. The molecule has 1 fully saturated rings. The average molecular weight is 425 g/mol. The molecule has 1 aliphatic heterocycles. The zero-order valence-electron chi connectivity index (χ0n) is 15.1. The number of nitrogens with two attached hydrogens (primary N) is 1. The van der Waals surface area contributed by atoms with Gasteiger partial charge in [-0.1, -0.05) is 0 Å². The zero-order chi connectivity index (χ0) is 21.2. The summed E-state index contributed by atoms with van der Waals surface area (Å²) in [6.07, 6.45) is -2.25. The minimum atomic E-state index is -4.42. The van der Waals surface area contributed by atoms with E-state index in [1.165, 1.54) is 24.3 Å². The van der Waals surface area contributed by atoms with E-state index in [2.05, 4.69) is 10.3 Å². The van der Waals surface area contributed by atoms with E-state index in [0.717, 1.165) is 12.3 Å². The molecule has 0 radical (unpaired) electrons. The van der Waals surface area contributed by atoms with Crippen LogP contribution in [0.25, 0.3) is 0 Å². The van der Waals surface area contributed by atoms with Crippen LogP contribution in [-0.4, -0.2) is 32.5 Å². The Morgan fingerprint density at radius 1 is 1.21 bits per heavy atom. The van der Waals surface area contributed by atoms with Gasteiger partial charge in [0.2, 0.25) is 10.0 Å². The number of sulfonamides is 1. The molecule has 2 aromatic rings. The third-order valence-electron chi connectivity index (χ3n) is 4.69. The largest absolute Gasteiger partial charge is 0.417 e. The first-order valence-corrected chi connectivity index (χ1v) is 10.2. The maximum atomic E-state index is 12.6. The number of alkyl halides is 3. The molecule has 154 valence electrons. The highest BCUT2D eigenvalue weighted by molar-refractivity contribution is 7.89. The van der Waals surface area contributed by atoms with Crippen LogP contribution in [0.2, 0.25) is 0 Å². The highest BCUT2D eigenvalue weighted by Gasteiger charge is 2.31. The highest BCUT2D eigenvalue weighted by Crippen LogP contribution is 2.30. The van der Waals surface area contributed by atoms with E-state index in [4.69, 9.17) is 5.14 Å². The minimum absolute atomic E-state index is 0.0214. The Labute approximate surface area is 166 Å². The number of anilines is 2. The maximum Gasteiger partial charge on any atom is 0.417 e. The molecule has 0 unspecified atom stereocenters. The van der Waals surface area contributed by atoms with Crippen LogP contribution in [0.1, 0.15) is 24.0 Å². The highest BCUT2D eigenvalue weighted by atomic mass is 32.2. The Morgan fingerprint density at radius 3 is 2.41 bits per heavy atom. The molecular weight excluding hydrogens is 407 g/mol. The second-order valence-electron chi connectivity index (χ2n) is 6.67. The summed E-state index contributed by atoms with van der Waals surface area (Å²) in [5.74, 6) is 0.478. The van der Waals surface area contributed by atoms with Crippen molar-refractivity contribution in [3.8, 4) is 6.07 Å². The van der Waals surface area contributed by atoms with Gasteiger partial charge < -0.3 is 10.2 Å². The third kappa shape index (κ3) is 4.96. The molecular formula is C18H18F3N5O2S. The smallest absolute Gasteiger partial charge is 0.381 e. The Bertz CT molecular complexity index is 1020. The van der Waals surface area contributed by atoms with Gasteiger partial charge in [-0.25, -0.2) is 18.5 Å².